The predicted molar refractivity (Wildman–Crippen MR) is 77.5 cm³/mol. The van der Waals surface area contributed by atoms with E-state index in [9.17, 15) is 9.59 Å². The molecule has 0 spiro atoms. The van der Waals surface area contributed by atoms with E-state index in [1.165, 1.54) is 6.33 Å². The van der Waals surface area contributed by atoms with Crippen LogP contribution in [0.4, 0.5) is 10.6 Å². The molecule has 112 valence electrons. The zero-order chi connectivity index (χ0) is 15.4. The van der Waals surface area contributed by atoms with Gasteiger partial charge < -0.3 is 15.0 Å². The number of rotatable bonds is 4. The van der Waals surface area contributed by atoms with Crippen LogP contribution in [-0.4, -0.2) is 38.0 Å². The van der Waals surface area contributed by atoms with Crippen LogP contribution in [0.1, 0.15) is 28.5 Å². The fourth-order valence-electron chi connectivity index (χ4n) is 1.84. The lowest BCUT2D eigenvalue weighted by atomic mass is 10.1. The highest BCUT2D eigenvalue weighted by Gasteiger charge is 2.20. The number of aryl methyl sites for hydroxylation is 1. The normalized spacial score (nSPS) is 10.4. The van der Waals surface area contributed by atoms with Gasteiger partial charge >= 0.3 is 5.97 Å². The first-order valence-electron chi connectivity index (χ1n) is 6.23. The van der Waals surface area contributed by atoms with Crippen LogP contribution >= 0.6 is 11.8 Å². The van der Waals surface area contributed by atoms with E-state index in [1.54, 1.807) is 20.8 Å². The van der Waals surface area contributed by atoms with Crippen molar-refractivity contribution in [1.82, 2.24) is 20.2 Å². The van der Waals surface area contributed by atoms with Crippen LogP contribution in [0.15, 0.2) is 11.5 Å². The third-order valence-electron chi connectivity index (χ3n) is 2.73. The second-order valence-corrected chi connectivity index (χ2v) is 5.11. The summed E-state index contributed by atoms with van der Waals surface area (Å²) >= 11 is 0.872. The number of carbonyl (C=O) groups excluding carboxylic acids is 2. The average Bonchev–Trinajstić information content (AvgIpc) is 2.99. The molecule has 0 aliphatic rings. The second-order valence-electron chi connectivity index (χ2n) is 4.15. The number of aromatic nitrogens is 4. The first-order valence-corrected chi connectivity index (χ1v) is 7.05. The molecule has 0 radical (unpaired) electrons. The van der Waals surface area contributed by atoms with Gasteiger partial charge in [-0.1, -0.05) is 0 Å². The molecule has 0 bridgehead atoms. The summed E-state index contributed by atoms with van der Waals surface area (Å²) in [4.78, 5) is 30.6. The number of nitrogens with one attached hydrogen (secondary N) is 3. The van der Waals surface area contributed by atoms with E-state index in [-0.39, 0.29) is 5.24 Å². The largest absolute Gasteiger partial charge is 0.462 e. The second kappa shape index (κ2) is 6.44. The topological polar surface area (TPSA) is 113 Å². The van der Waals surface area contributed by atoms with Gasteiger partial charge in [0, 0.05) is 23.0 Å². The average molecular weight is 309 g/mol. The Morgan fingerprint density at radius 3 is 2.81 bits per heavy atom. The molecule has 0 aliphatic carbocycles. The molecule has 2 rings (SSSR count). The zero-order valence-corrected chi connectivity index (χ0v) is 12.6. The molecular formula is C12H15N5O3S. The summed E-state index contributed by atoms with van der Waals surface area (Å²) in [6.45, 7) is 5.53. The van der Waals surface area contributed by atoms with Crippen molar-refractivity contribution in [1.29, 1.82) is 0 Å². The lowest BCUT2D eigenvalue weighted by molar-refractivity contribution is 0.0525. The number of nitrogens with zero attached hydrogens (tertiary/aromatic N) is 2. The highest BCUT2D eigenvalue weighted by Crippen LogP contribution is 2.25. The van der Waals surface area contributed by atoms with Crippen LogP contribution in [0.3, 0.4) is 0 Å². The highest BCUT2D eigenvalue weighted by atomic mass is 32.2. The predicted octanol–water partition coefficient (Wildman–Crippen LogP) is 2.25. The summed E-state index contributed by atoms with van der Waals surface area (Å²) in [6, 6.07) is 0. The van der Waals surface area contributed by atoms with Gasteiger partial charge in [-0.25, -0.2) is 9.78 Å². The van der Waals surface area contributed by atoms with Crippen LogP contribution in [0, 0.1) is 13.8 Å². The van der Waals surface area contributed by atoms with Crippen LogP contribution < -0.4 is 5.32 Å². The van der Waals surface area contributed by atoms with Crippen molar-refractivity contribution in [3.8, 4) is 0 Å². The zero-order valence-electron chi connectivity index (χ0n) is 11.8. The van der Waals surface area contributed by atoms with E-state index in [0.717, 1.165) is 11.8 Å². The molecule has 0 atom stereocenters. The molecule has 0 aliphatic heterocycles. The molecule has 21 heavy (non-hydrogen) atoms. The van der Waals surface area contributed by atoms with E-state index >= 15 is 0 Å². The minimum Gasteiger partial charge on any atom is -0.462 e. The van der Waals surface area contributed by atoms with E-state index in [0.29, 0.717) is 34.4 Å². The molecule has 0 saturated carbocycles. The summed E-state index contributed by atoms with van der Waals surface area (Å²) < 4.78 is 4.99. The van der Waals surface area contributed by atoms with Crippen LogP contribution in [0.2, 0.25) is 0 Å². The molecular weight excluding hydrogens is 294 g/mol. The standard InChI is InChI=1S/C12H15N5O3S/c1-4-20-10(18)8-6(2)9(15-7(8)3)16-12(19)21-11-13-5-14-17-11/h5,15H,4H2,1-3H3,(H,16,19)(H,13,14,17). The van der Waals surface area contributed by atoms with Crippen LogP contribution in [-0.2, 0) is 4.74 Å². The van der Waals surface area contributed by atoms with Gasteiger partial charge in [-0.15, -0.1) is 0 Å². The number of aromatic amines is 2. The van der Waals surface area contributed by atoms with Crippen LogP contribution in [0.5, 0.6) is 0 Å². The summed E-state index contributed by atoms with van der Waals surface area (Å²) in [5.74, 6) is 0.0553. The van der Waals surface area contributed by atoms with Gasteiger partial charge in [-0.3, -0.25) is 9.89 Å². The number of hydrogen-bond donors (Lipinski definition) is 3. The van der Waals surface area contributed by atoms with E-state index in [4.69, 9.17) is 4.74 Å². The number of carbonyl (C=O) groups is 2. The Morgan fingerprint density at radius 1 is 1.43 bits per heavy atom. The van der Waals surface area contributed by atoms with E-state index in [2.05, 4.69) is 25.5 Å². The molecule has 2 aromatic rings. The Balaban J connectivity index is 2.12. The Hall–Kier alpha value is -2.29. The molecule has 0 unspecified atom stereocenters. The quantitative estimate of drug-likeness (QED) is 0.590. The Labute approximate surface area is 125 Å². The van der Waals surface area contributed by atoms with Crippen molar-refractivity contribution >= 4 is 28.8 Å². The number of H-pyrrole nitrogens is 2. The summed E-state index contributed by atoms with van der Waals surface area (Å²) in [7, 11) is 0. The maximum Gasteiger partial charge on any atom is 0.340 e. The maximum atomic E-state index is 11.9. The monoisotopic (exact) mass is 309 g/mol. The minimum atomic E-state index is -0.410. The molecule has 9 heteroatoms. The van der Waals surface area contributed by atoms with Gasteiger partial charge in [0.2, 0.25) is 0 Å². The Bertz CT molecular complexity index is 650. The van der Waals surface area contributed by atoms with Gasteiger partial charge in [-0.2, -0.15) is 5.10 Å². The number of thioether (sulfide) groups is 1. The highest BCUT2D eigenvalue weighted by molar-refractivity contribution is 8.13. The van der Waals surface area contributed by atoms with Gasteiger partial charge in [-0.05, 0) is 20.8 Å². The summed E-state index contributed by atoms with van der Waals surface area (Å²) in [5.41, 5.74) is 1.72. The van der Waals surface area contributed by atoms with E-state index in [1.807, 2.05) is 0 Å². The third-order valence-corrected chi connectivity index (χ3v) is 3.40. The minimum absolute atomic E-state index is 0.298. The molecule has 2 aromatic heterocycles. The molecule has 1 amide bonds. The van der Waals surface area contributed by atoms with Gasteiger partial charge in [0.05, 0.1) is 12.2 Å². The fourth-order valence-corrected chi connectivity index (χ4v) is 2.37. The first-order chi connectivity index (χ1) is 10.0. The molecule has 8 nitrogen and oxygen atoms in total. The van der Waals surface area contributed by atoms with Crippen molar-refractivity contribution in [2.24, 2.45) is 0 Å². The molecule has 0 aromatic carbocycles. The third kappa shape index (κ3) is 3.43. The summed E-state index contributed by atoms with van der Waals surface area (Å²) in [6.07, 6.45) is 1.32. The fraction of sp³-hybridized carbons (Fsp3) is 0.333. The lowest BCUT2D eigenvalue weighted by Crippen LogP contribution is -2.08. The first kappa shape index (κ1) is 15.1. The SMILES string of the molecule is CCOC(=O)c1c(C)[nH]c(NC(=O)Sc2ncn[nH]2)c1C. The molecule has 3 N–H and O–H groups in total. The van der Waals surface area contributed by atoms with Crippen molar-refractivity contribution in [2.45, 2.75) is 25.9 Å². The Kier molecular flexibility index (Phi) is 4.63. The lowest BCUT2D eigenvalue weighted by Gasteiger charge is -2.03. The van der Waals surface area contributed by atoms with Gasteiger partial charge in [0.15, 0.2) is 5.16 Å². The van der Waals surface area contributed by atoms with Gasteiger partial charge in [0.25, 0.3) is 5.24 Å². The number of amides is 1. The van der Waals surface area contributed by atoms with Gasteiger partial charge in [0.1, 0.15) is 12.1 Å². The molecule has 0 fully saturated rings. The number of esters is 1. The molecule has 0 saturated heterocycles. The van der Waals surface area contributed by atoms with Crippen molar-refractivity contribution in [2.75, 3.05) is 11.9 Å². The molecule has 2 heterocycles. The number of hydrogen-bond acceptors (Lipinski definition) is 6. The summed E-state index contributed by atoms with van der Waals surface area (Å²) in [5, 5.41) is 8.96. The van der Waals surface area contributed by atoms with E-state index < -0.39 is 5.97 Å². The van der Waals surface area contributed by atoms with Crippen LogP contribution in [0.25, 0.3) is 0 Å². The van der Waals surface area contributed by atoms with Crippen molar-refractivity contribution in [3.05, 3.63) is 23.1 Å². The van der Waals surface area contributed by atoms with Crippen molar-refractivity contribution in [3.63, 3.8) is 0 Å². The number of ether oxygens (including phenoxy) is 1. The van der Waals surface area contributed by atoms with Crippen molar-refractivity contribution < 1.29 is 14.3 Å². The smallest absolute Gasteiger partial charge is 0.340 e. The Morgan fingerprint density at radius 2 is 2.19 bits per heavy atom. The number of anilines is 1. The maximum absolute atomic E-state index is 11.9.